The van der Waals surface area contributed by atoms with Gasteiger partial charge in [0.25, 0.3) is 0 Å². The van der Waals surface area contributed by atoms with Crippen LogP contribution in [0.3, 0.4) is 0 Å². The first-order valence-corrected chi connectivity index (χ1v) is 6.22. The zero-order chi connectivity index (χ0) is 11.3. The first-order chi connectivity index (χ1) is 7.01. The largest absolute Gasteiger partial charge is 0.120 e. The number of hydrogen-bond donors (Lipinski definition) is 0. The summed E-state index contributed by atoms with van der Waals surface area (Å²) in [6.07, 6.45) is 5.33. The number of hydrogen-bond acceptors (Lipinski definition) is 1. The molecular weight excluding hydrogens is 200 g/mol. The third-order valence-electron chi connectivity index (χ3n) is 1.91. The van der Waals surface area contributed by atoms with Gasteiger partial charge in [-0.25, -0.2) is 0 Å². The maximum Gasteiger partial charge on any atom is 0.0122 e. The van der Waals surface area contributed by atoms with Crippen LogP contribution in [0.2, 0.25) is 0 Å². The average molecular weight is 220 g/mol. The van der Waals surface area contributed by atoms with Crippen molar-refractivity contribution in [3.8, 4) is 0 Å². The molecule has 0 radical (unpaired) electrons. The minimum atomic E-state index is 0.291. The molecule has 15 heavy (non-hydrogen) atoms. The normalized spacial score (nSPS) is 12.3. The Balaban J connectivity index is 2.74. The molecule has 0 aromatic heterocycles. The third-order valence-corrected chi connectivity index (χ3v) is 3.01. The van der Waals surface area contributed by atoms with E-state index in [4.69, 9.17) is 0 Å². The number of thioether (sulfide) groups is 1. The van der Waals surface area contributed by atoms with Gasteiger partial charge in [0.1, 0.15) is 0 Å². The van der Waals surface area contributed by atoms with Crippen LogP contribution in [0, 0.1) is 0 Å². The van der Waals surface area contributed by atoms with E-state index in [2.05, 4.69) is 64.1 Å². The van der Waals surface area contributed by atoms with E-state index in [1.807, 2.05) is 11.8 Å². The maximum absolute atomic E-state index is 2.29. The maximum atomic E-state index is 2.29. The Labute approximate surface area is 97.8 Å². The van der Waals surface area contributed by atoms with Gasteiger partial charge in [-0.1, -0.05) is 45.1 Å². The van der Waals surface area contributed by atoms with Crippen LogP contribution >= 0.6 is 11.8 Å². The fraction of sp³-hybridized carbons (Fsp3) is 0.429. The van der Waals surface area contributed by atoms with Crippen molar-refractivity contribution in [2.45, 2.75) is 43.8 Å². The zero-order valence-electron chi connectivity index (χ0n) is 10.1. The lowest BCUT2D eigenvalue weighted by Crippen LogP contribution is -2.06. The van der Waals surface area contributed by atoms with Crippen LogP contribution in [0.15, 0.2) is 41.3 Å². The standard InChI is InChI=1S/C14H20S/c1-5-6-8-12-9-7-10-13(11-12)15-14(2,3)4/h5-7,9-11H,8H2,1-4H3/b6-5+. The summed E-state index contributed by atoms with van der Waals surface area (Å²) in [5.74, 6) is 0. The van der Waals surface area contributed by atoms with Gasteiger partial charge >= 0.3 is 0 Å². The summed E-state index contributed by atoms with van der Waals surface area (Å²) in [6.45, 7) is 8.80. The van der Waals surface area contributed by atoms with Crippen LogP contribution in [0.5, 0.6) is 0 Å². The molecule has 1 heteroatoms. The van der Waals surface area contributed by atoms with Crippen LogP contribution in [-0.4, -0.2) is 4.75 Å². The monoisotopic (exact) mass is 220 g/mol. The number of allylic oxidation sites excluding steroid dienone is 2. The van der Waals surface area contributed by atoms with Crippen molar-refractivity contribution in [1.29, 1.82) is 0 Å². The molecule has 0 unspecified atom stereocenters. The van der Waals surface area contributed by atoms with E-state index in [1.54, 1.807) is 0 Å². The molecular formula is C14H20S. The third kappa shape index (κ3) is 5.08. The van der Waals surface area contributed by atoms with Crippen molar-refractivity contribution in [1.82, 2.24) is 0 Å². The van der Waals surface area contributed by atoms with Crippen LogP contribution in [-0.2, 0) is 6.42 Å². The molecule has 0 atom stereocenters. The van der Waals surface area contributed by atoms with E-state index in [0.717, 1.165) is 6.42 Å². The first kappa shape index (κ1) is 12.4. The number of rotatable bonds is 3. The fourth-order valence-electron chi connectivity index (χ4n) is 1.34. The van der Waals surface area contributed by atoms with Crippen molar-refractivity contribution < 1.29 is 0 Å². The van der Waals surface area contributed by atoms with Crippen LogP contribution in [0.25, 0.3) is 0 Å². The number of benzene rings is 1. The zero-order valence-corrected chi connectivity index (χ0v) is 10.9. The van der Waals surface area contributed by atoms with Gasteiger partial charge in [-0.2, -0.15) is 0 Å². The lowest BCUT2D eigenvalue weighted by molar-refractivity contribution is 0.802. The predicted octanol–water partition coefficient (Wildman–Crippen LogP) is 4.70. The highest BCUT2D eigenvalue weighted by Crippen LogP contribution is 2.32. The summed E-state index contributed by atoms with van der Waals surface area (Å²) in [6, 6.07) is 8.81. The van der Waals surface area contributed by atoms with Gasteiger partial charge in [0.2, 0.25) is 0 Å². The topological polar surface area (TPSA) is 0 Å². The smallest absolute Gasteiger partial charge is 0.0122 e. The lowest BCUT2D eigenvalue weighted by Gasteiger charge is -2.17. The van der Waals surface area contributed by atoms with Crippen molar-refractivity contribution in [3.05, 3.63) is 42.0 Å². The van der Waals surface area contributed by atoms with E-state index in [9.17, 15) is 0 Å². The molecule has 0 N–H and O–H groups in total. The molecule has 1 rings (SSSR count). The van der Waals surface area contributed by atoms with E-state index in [-0.39, 0.29) is 0 Å². The van der Waals surface area contributed by atoms with Crippen molar-refractivity contribution in [2.24, 2.45) is 0 Å². The van der Waals surface area contributed by atoms with Crippen LogP contribution in [0.1, 0.15) is 33.3 Å². The fourth-order valence-corrected chi connectivity index (χ4v) is 2.41. The summed E-state index contributed by atoms with van der Waals surface area (Å²) in [5, 5.41) is 0. The molecule has 0 bridgehead atoms. The summed E-state index contributed by atoms with van der Waals surface area (Å²) in [5.41, 5.74) is 1.39. The molecule has 0 aliphatic rings. The molecule has 82 valence electrons. The van der Waals surface area contributed by atoms with Crippen molar-refractivity contribution in [3.63, 3.8) is 0 Å². The second kappa shape index (κ2) is 5.41. The van der Waals surface area contributed by atoms with Crippen molar-refractivity contribution >= 4 is 11.8 Å². The Morgan fingerprint density at radius 3 is 2.60 bits per heavy atom. The molecule has 0 spiro atoms. The Bertz CT molecular complexity index is 331. The highest BCUT2D eigenvalue weighted by Gasteiger charge is 2.11. The SMILES string of the molecule is C/C=C/Cc1cccc(SC(C)(C)C)c1. The molecule has 1 aromatic rings. The minimum Gasteiger partial charge on any atom is -0.120 e. The van der Waals surface area contributed by atoms with Gasteiger partial charge in [0.05, 0.1) is 0 Å². The van der Waals surface area contributed by atoms with Crippen molar-refractivity contribution in [2.75, 3.05) is 0 Å². The summed E-state index contributed by atoms with van der Waals surface area (Å²) >= 11 is 1.92. The Morgan fingerprint density at radius 1 is 1.27 bits per heavy atom. The molecule has 0 aliphatic carbocycles. The quantitative estimate of drug-likeness (QED) is 0.526. The molecule has 0 fully saturated rings. The Hall–Kier alpha value is -0.690. The van der Waals surface area contributed by atoms with E-state index >= 15 is 0 Å². The van der Waals surface area contributed by atoms with Gasteiger partial charge in [0.15, 0.2) is 0 Å². The van der Waals surface area contributed by atoms with Crippen LogP contribution < -0.4 is 0 Å². The molecule has 0 saturated carbocycles. The van der Waals surface area contributed by atoms with Gasteiger partial charge < -0.3 is 0 Å². The second-order valence-corrected chi connectivity index (χ2v) is 6.54. The Kier molecular flexibility index (Phi) is 4.46. The van der Waals surface area contributed by atoms with E-state index < -0.39 is 0 Å². The predicted molar refractivity (Wildman–Crippen MR) is 70.6 cm³/mol. The summed E-state index contributed by atoms with van der Waals surface area (Å²) < 4.78 is 0.291. The molecule has 0 heterocycles. The van der Waals surface area contributed by atoms with Gasteiger partial charge in [-0.15, -0.1) is 11.8 Å². The first-order valence-electron chi connectivity index (χ1n) is 5.40. The Morgan fingerprint density at radius 2 is 2.00 bits per heavy atom. The van der Waals surface area contributed by atoms with Gasteiger partial charge in [0, 0.05) is 9.64 Å². The van der Waals surface area contributed by atoms with Gasteiger partial charge in [-0.3, -0.25) is 0 Å². The molecule has 0 nitrogen and oxygen atoms in total. The summed E-state index contributed by atoms with van der Waals surface area (Å²) in [4.78, 5) is 1.37. The second-order valence-electron chi connectivity index (χ2n) is 4.63. The minimum absolute atomic E-state index is 0.291. The molecule has 0 saturated heterocycles. The molecule has 1 aromatic carbocycles. The highest BCUT2D eigenvalue weighted by molar-refractivity contribution is 8.00. The highest BCUT2D eigenvalue weighted by atomic mass is 32.2. The molecule has 0 aliphatic heterocycles. The lowest BCUT2D eigenvalue weighted by atomic mass is 10.1. The van der Waals surface area contributed by atoms with E-state index in [0.29, 0.717) is 4.75 Å². The average Bonchev–Trinajstić information content (AvgIpc) is 2.12. The summed E-state index contributed by atoms with van der Waals surface area (Å²) in [7, 11) is 0. The molecule has 0 amide bonds. The van der Waals surface area contributed by atoms with Crippen LogP contribution in [0.4, 0.5) is 0 Å². The van der Waals surface area contributed by atoms with Gasteiger partial charge in [-0.05, 0) is 31.0 Å². The van der Waals surface area contributed by atoms with E-state index in [1.165, 1.54) is 10.5 Å².